The average Bonchev–Trinajstić information content (AvgIpc) is 2.50. The van der Waals surface area contributed by atoms with E-state index in [9.17, 15) is 13.9 Å². The van der Waals surface area contributed by atoms with Gasteiger partial charge in [0.1, 0.15) is 11.6 Å². The molecule has 2 nitrogen and oxygen atoms in total. The summed E-state index contributed by atoms with van der Waals surface area (Å²) in [6, 6.07) is 2.62. The fraction of sp³-hybridized carbons (Fsp3) is 0.538. The van der Waals surface area contributed by atoms with Gasteiger partial charge in [-0.25, -0.2) is 8.78 Å². The zero-order chi connectivity index (χ0) is 12.5. The van der Waals surface area contributed by atoms with Crippen LogP contribution in [0.1, 0.15) is 30.4 Å². The van der Waals surface area contributed by atoms with Gasteiger partial charge >= 0.3 is 0 Å². The normalized spacial score (nSPS) is 25.6. The molecule has 0 amide bonds. The number of benzene rings is 1. The Morgan fingerprint density at radius 3 is 2.76 bits per heavy atom. The van der Waals surface area contributed by atoms with Gasteiger partial charge in [-0.1, -0.05) is 6.07 Å². The van der Waals surface area contributed by atoms with Crippen LogP contribution in [0, 0.1) is 18.6 Å². The summed E-state index contributed by atoms with van der Waals surface area (Å²) in [7, 11) is 0. The summed E-state index contributed by atoms with van der Waals surface area (Å²) < 4.78 is 27.8. The molecule has 1 aromatic rings. The van der Waals surface area contributed by atoms with Crippen molar-refractivity contribution in [2.75, 3.05) is 13.1 Å². The van der Waals surface area contributed by atoms with E-state index in [-0.39, 0.29) is 5.56 Å². The Labute approximate surface area is 99.7 Å². The summed E-state index contributed by atoms with van der Waals surface area (Å²) in [6.07, 6.45) is 1.44. The molecule has 94 valence electrons. The predicted molar refractivity (Wildman–Crippen MR) is 61.7 cm³/mol. The highest BCUT2D eigenvalue weighted by Gasteiger charge is 2.35. The van der Waals surface area contributed by atoms with Gasteiger partial charge in [0, 0.05) is 0 Å². The van der Waals surface area contributed by atoms with E-state index in [1.54, 1.807) is 6.92 Å². The topological polar surface area (TPSA) is 32.3 Å². The van der Waals surface area contributed by atoms with Crippen molar-refractivity contribution in [3.8, 4) is 0 Å². The third-order valence-electron chi connectivity index (χ3n) is 3.41. The number of nitrogens with one attached hydrogen (secondary N) is 1. The van der Waals surface area contributed by atoms with Crippen LogP contribution in [0.3, 0.4) is 0 Å². The lowest BCUT2D eigenvalue weighted by atomic mass is 9.85. The minimum Gasteiger partial charge on any atom is -0.385 e. The van der Waals surface area contributed by atoms with Crippen LogP contribution >= 0.6 is 0 Å². The molecule has 0 bridgehead atoms. The van der Waals surface area contributed by atoms with Crippen molar-refractivity contribution < 1.29 is 13.9 Å². The average molecular weight is 241 g/mol. The largest absolute Gasteiger partial charge is 0.385 e. The second-order valence-corrected chi connectivity index (χ2v) is 4.69. The third kappa shape index (κ3) is 2.33. The van der Waals surface area contributed by atoms with Gasteiger partial charge < -0.3 is 10.4 Å². The van der Waals surface area contributed by atoms with E-state index in [2.05, 4.69) is 5.32 Å². The Kier molecular flexibility index (Phi) is 3.45. The molecule has 2 N–H and O–H groups in total. The smallest absolute Gasteiger partial charge is 0.135 e. The summed E-state index contributed by atoms with van der Waals surface area (Å²) in [6.45, 7) is 2.93. The van der Waals surface area contributed by atoms with Gasteiger partial charge in [0.2, 0.25) is 0 Å². The van der Waals surface area contributed by atoms with E-state index >= 15 is 0 Å². The van der Waals surface area contributed by atoms with Gasteiger partial charge in [-0.3, -0.25) is 0 Å². The minimum atomic E-state index is -1.39. The van der Waals surface area contributed by atoms with Crippen molar-refractivity contribution in [3.05, 3.63) is 34.9 Å². The number of rotatable bonds is 1. The Balaban J connectivity index is 2.47. The van der Waals surface area contributed by atoms with Gasteiger partial charge in [0.15, 0.2) is 0 Å². The maximum atomic E-state index is 14.0. The van der Waals surface area contributed by atoms with Gasteiger partial charge in [0.25, 0.3) is 0 Å². The van der Waals surface area contributed by atoms with Gasteiger partial charge in [-0.05, 0) is 50.9 Å². The van der Waals surface area contributed by atoms with Crippen molar-refractivity contribution in [2.24, 2.45) is 0 Å². The van der Waals surface area contributed by atoms with Crippen LogP contribution in [0.5, 0.6) is 0 Å². The maximum Gasteiger partial charge on any atom is 0.135 e. The molecule has 1 heterocycles. The molecule has 1 fully saturated rings. The molecule has 17 heavy (non-hydrogen) atoms. The standard InChI is InChI=1S/C13H17F2NO/c1-9-3-4-10(14)11(12(9)15)13(17)5-2-7-16-8-6-13/h3-4,16-17H,2,5-8H2,1H3. The minimum absolute atomic E-state index is 0.166. The van der Waals surface area contributed by atoms with Crippen LogP contribution < -0.4 is 5.32 Å². The second kappa shape index (κ2) is 4.70. The molecule has 1 aliphatic heterocycles. The first-order chi connectivity index (χ1) is 8.04. The Morgan fingerprint density at radius 2 is 2.00 bits per heavy atom. The highest BCUT2D eigenvalue weighted by atomic mass is 19.1. The van der Waals surface area contributed by atoms with Crippen LogP contribution in [0.4, 0.5) is 8.78 Å². The van der Waals surface area contributed by atoms with Gasteiger partial charge in [-0.2, -0.15) is 0 Å². The van der Waals surface area contributed by atoms with Crippen LogP contribution in [0.15, 0.2) is 12.1 Å². The Morgan fingerprint density at radius 1 is 1.24 bits per heavy atom. The number of aliphatic hydroxyl groups is 1. The summed E-state index contributed by atoms with van der Waals surface area (Å²) in [5.41, 5.74) is -1.18. The first-order valence-electron chi connectivity index (χ1n) is 5.93. The van der Waals surface area contributed by atoms with E-state index < -0.39 is 17.2 Å². The molecule has 1 atom stereocenters. The third-order valence-corrected chi connectivity index (χ3v) is 3.41. The molecule has 0 spiro atoms. The number of halogens is 2. The van der Waals surface area contributed by atoms with E-state index in [0.717, 1.165) is 6.54 Å². The molecule has 4 heteroatoms. The van der Waals surface area contributed by atoms with E-state index in [4.69, 9.17) is 0 Å². The molecule has 0 radical (unpaired) electrons. The highest BCUT2D eigenvalue weighted by molar-refractivity contribution is 5.31. The zero-order valence-corrected chi connectivity index (χ0v) is 9.89. The molecule has 2 rings (SSSR count). The SMILES string of the molecule is Cc1ccc(F)c(C2(O)CCCNCC2)c1F. The van der Waals surface area contributed by atoms with Crippen LogP contribution in [-0.4, -0.2) is 18.2 Å². The molecule has 0 aromatic heterocycles. The highest BCUT2D eigenvalue weighted by Crippen LogP contribution is 2.35. The molecular weight excluding hydrogens is 224 g/mol. The first-order valence-corrected chi connectivity index (χ1v) is 5.93. The Bertz CT molecular complexity index is 412. The van der Waals surface area contributed by atoms with Crippen molar-refractivity contribution in [3.63, 3.8) is 0 Å². The van der Waals surface area contributed by atoms with Crippen molar-refractivity contribution in [1.82, 2.24) is 5.32 Å². The van der Waals surface area contributed by atoms with E-state index in [0.29, 0.717) is 31.4 Å². The Hall–Kier alpha value is -1.00. The van der Waals surface area contributed by atoms with Crippen LogP contribution in [-0.2, 0) is 5.60 Å². The summed E-state index contributed by atoms with van der Waals surface area (Å²) in [5.74, 6) is -1.27. The number of hydrogen-bond donors (Lipinski definition) is 2. The summed E-state index contributed by atoms with van der Waals surface area (Å²) in [4.78, 5) is 0. The fourth-order valence-corrected chi connectivity index (χ4v) is 2.38. The molecule has 0 saturated carbocycles. The van der Waals surface area contributed by atoms with Crippen molar-refractivity contribution in [2.45, 2.75) is 31.8 Å². The second-order valence-electron chi connectivity index (χ2n) is 4.69. The molecule has 1 unspecified atom stereocenters. The molecule has 1 aromatic carbocycles. The summed E-state index contributed by atoms with van der Waals surface area (Å²) in [5, 5.41) is 13.6. The van der Waals surface area contributed by atoms with Gasteiger partial charge in [-0.15, -0.1) is 0 Å². The first kappa shape index (κ1) is 12.5. The van der Waals surface area contributed by atoms with Crippen LogP contribution in [0.25, 0.3) is 0 Å². The summed E-state index contributed by atoms with van der Waals surface area (Å²) >= 11 is 0. The monoisotopic (exact) mass is 241 g/mol. The fourth-order valence-electron chi connectivity index (χ4n) is 2.38. The van der Waals surface area contributed by atoms with E-state index in [1.165, 1.54) is 12.1 Å². The van der Waals surface area contributed by atoms with Crippen LogP contribution in [0.2, 0.25) is 0 Å². The number of aryl methyl sites for hydroxylation is 1. The van der Waals surface area contributed by atoms with Crippen molar-refractivity contribution in [1.29, 1.82) is 0 Å². The van der Waals surface area contributed by atoms with E-state index in [1.807, 2.05) is 0 Å². The van der Waals surface area contributed by atoms with Gasteiger partial charge in [0.05, 0.1) is 11.2 Å². The lowest BCUT2D eigenvalue weighted by Crippen LogP contribution is -2.30. The molecular formula is C13H17F2NO. The lowest BCUT2D eigenvalue weighted by molar-refractivity contribution is 0.0168. The zero-order valence-electron chi connectivity index (χ0n) is 9.89. The molecule has 0 aliphatic carbocycles. The van der Waals surface area contributed by atoms with Crippen molar-refractivity contribution >= 4 is 0 Å². The quantitative estimate of drug-likeness (QED) is 0.790. The lowest BCUT2D eigenvalue weighted by Gasteiger charge is -2.28. The number of hydrogen-bond acceptors (Lipinski definition) is 2. The maximum absolute atomic E-state index is 14.0. The molecule has 1 aliphatic rings. The predicted octanol–water partition coefficient (Wildman–Crippen LogP) is 2.23. The molecule has 1 saturated heterocycles.